The fourth-order valence-corrected chi connectivity index (χ4v) is 2.42. The van der Waals surface area contributed by atoms with Gasteiger partial charge >= 0.3 is 0 Å². The summed E-state index contributed by atoms with van der Waals surface area (Å²) in [5.41, 5.74) is 10.6. The summed E-state index contributed by atoms with van der Waals surface area (Å²) in [6.45, 7) is 6.63. The van der Waals surface area contributed by atoms with Gasteiger partial charge in [0, 0.05) is 12.1 Å². The minimum absolute atomic E-state index is 0.361. The number of nitrogens with two attached hydrogens (primary N) is 2. The van der Waals surface area contributed by atoms with Crippen molar-refractivity contribution >= 4 is 5.91 Å². The van der Waals surface area contributed by atoms with Crippen LogP contribution in [0.2, 0.25) is 0 Å². The number of primary amides is 1. The average molecular weight is 227 g/mol. The van der Waals surface area contributed by atoms with Crippen molar-refractivity contribution < 1.29 is 4.79 Å². The van der Waals surface area contributed by atoms with E-state index >= 15 is 0 Å². The summed E-state index contributed by atoms with van der Waals surface area (Å²) < 4.78 is 0. The van der Waals surface area contributed by atoms with E-state index in [2.05, 4.69) is 32.7 Å². The minimum atomic E-state index is -0.782. The summed E-state index contributed by atoms with van der Waals surface area (Å²) in [5, 5.41) is 0. The van der Waals surface area contributed by atoms with Crippen molar-refractivity contribution in [2.24, 2.45) is 17.4 Å². The van der Waals surface area contributed by atoms with E-state index in [4.69, 9.17) is 11.5 Å². The molecule has 94 valence electrons. The number of amides is 1. The van der Waals surface area contributed by atoms with Gasteiger partial charge in [-0.15, -0.1) is 0 Å². The molecule has 1 rings (SSSR count). The highest BCUT2D eigenvalue weighted by atomic mass is 16.1. The molecule has 0 aromatic carbocycles. The molecular formula is C12H25N3O. The Morgan fingerprint density at radius 1 is 1.44 bits per heavy atom. The Morgan fingerprint density at radius 2 is 2.00 bits per heavy atom. The van der Waals surface area contributed by atoms with Crippen molar-refractivity contribution in [3.8, 4) is 0 Å². The summed E-state index contributed by atoms with van der Waals surface area (Å²) in [7, 11) is 2.11. The van der Waals surface area contributed by atoms with Gasteiger partial charge in [0.15, 0.2) is 0 Å². The van der Waals surface area contributed by atoms with Crippen molar-refractivity contribution in [2.45, 2.75) is 57.7 Å². The monoisotopic (exact) mass is 227 g/mol. The summed E-state index contributed by atoms with van der Waals surface area (Å²) in [6, 6.07) is 0.884. The van der Waals surface area contributed by atoms with Crippen molar-refractivity contribution in [3.05, 3.63) is 0 Å². The Kier molecular flexibility index (Phi) is 3.97. The topological polar surface area (TPSA) is 72.3 Å². The van der Waals surface area contributed by atoms with E-state index < -0.39 is 5.54 Å². The van der Waals surface area contributed by atoms with E-state index in [0.29, 0.717) is 30.8 Å². The highest BCUT2D eigenvalue weighted by Crippen LogP contribution is 2.32. The first-order valence-corrected chi connectivity index (χ1v) is 6.08. The highest BCUT2D eigenvalue weighted by molar-refractivity contribution is 5.84. The zero-order valence-corrected chi connectivity index (χ0v) is 10.9. The van der Waals surface area contributed by atoms with E-state index in [1.165, 1.54) is 0 Å². The first-order chi connectivity index (χ1) is 7.28. The number of hydrogen-bond donors (Lipinski definition) is 2. The first-order valence-electron chi connectivity index (χ1n) is 6.08. The molecule has 4 heteroatoms. The normalized spacial score (nSPS) is 32.3. The fourth-order valence-electron chi connectivity index (χ4n) is 2.42. The SMILES string of the molecule is CC(C)C(C)N(C)C1CCC(N)(C(N)=O)C1. The summed E-state index contributed by atoms with van der Waals surface area (Å²) >= 11 is 0. The van der Waals surface area contributed by atoms with Gasteiger partial charge in [0.25, 0.3) is 0 Å². The molecule has 1 aliphatic carbocycles. The van der Waals surface area contributed by atoms with Crippen LogP contribution in [0.5, 0.6) is 0 Å². The minimum Gasteiger partial charge on any atom is -0.368 e. The van der Waals surface area contributed by atoms with Crippen LogP contribution in [-0.4, -0.2) is 35.5 Å². The van der Waals surface area contributed by atoms with E-state index in [-0.39, 0.29) is 5.91 Å². The maximum atomic E-state index is 11.3. The molecule has 3 atom stereocenters. The van der Waals surface area contributed by atoms with Gasteiger partial charge in [0.2, 0.25) is 5.91 Å². The molecule has 1 fully saturated rings. The van der Waals surface area contributed by atoms with E-state index in [9.17, 15) is 4.79 Å². The lowest BCUT2D eigenvalue weighted by molar-refractivity contribution is -0.123. The summed E-state index contributed by atoms with van der Waals surface area (Å²) in [6.07, 6.45) is 2.37. The molecule has 0 aromatic rings. The molecule has 0 aliphatic heterocycles. The Bertz CT molecular complexity index is 267. The predicted octanol–water partition coefficient (Wildman–Crippen LogP) is 0.698. The number of hydrogen-bond acceptors (Lipinski definition) is 3. The Morgan fingerprint density at radius 3 is 2.38 bits per heavy atom. The van der Waals surface area contributed by atoms with Gasteiger partial charge in [-0.05, 0) is 39.2 Å². The zero-order chi connectivity index (χ0) is 12.5. The van der Waals surface area contributed by atoms with Gasteiger partial charge in [0.1, 0.15) is 0 Å². The molecule has 3 unspecified atom stereocenters. The number of rotatable bonds is 4. The van der Waals surface area contributed by atoms with Gasteiger partial charge in [-0.3, -0.25) is 4.79 Å². The smallest absolute Gasteiger partial charge is 0.237 e. The molecular weight excluding hydrogens is 202 g/mol. The number of nitrogens with zero attached hydrogens (tertiary/aromatic N) is 1. The zero-order valence-electron chi connectivity index (χ0n) is 10.9. The van der Waals surface area contributed by atoms with Crippen LogP contribution in [0.1, 0.15) is 40.0 Å². The van der Waals surface area contributed by atoms with Crippen molar-refractivity contribution in [1.29, 1.82) is 0 Å². The lowest BCUT2D eigenvalue weighted by Gasteiger charge is -2.33. The van der Waals surface area contributed by atoms with Gasteiger partial charge in [-0.2, -0.15) is 0 Å². The standard InChI is InChI=1S/C12H25N3O/c1-8(2)9(3)15(4)10-5-6-12(14,7-10)11(13)16/h8-10H,5-7,14H2,1-4H3,(H2,13,16). The molecule has 0 spiro atoms. The maximum absolute atomic E-state index is 11.3. The average Bonchev–Trinajstić information content (AvgIpc) is 2.60. The van der Waals surface area contributed by atoms with Crippen molar-refractivity contribution in [3.63, 3.8) is 0 Å². The van der Waals surface area contributed by atoms with Crippen LogP contribution in [-0.2, 0) is 4.79 Å². The third-order valence-electron chi connectivity index (χ3n) is 4.20. The number of carbonyl (C=O) groups is 1. The van der Waals surface area contributed by atoms with Crippen molar-refractivity contribution in [2.75, 3.05) is 7.05 Å². The molecule has 1 aliphatic rings. The second kappa shape index (κ2) is 4.72. The third-order valence-corrected chi connectivity index (χ3v) is 4.20. The molecule has 0 bridgehead atoms. The maximum Gasteiger partial charge on any atom is 0.237 e. The predicted molar refractivity (Wildman–Crippen MR) is 65.8 cm³/mol. The van der Waals surface area contributed by atoms with E-state index in [1.807, 2.05) is 0 Å². The molecule has 0 saturated heterocycles. The van der Waals surface area contributed by atoms with Crippen LogP contribution in [0, 0.1) is 5.92 Å². The van der Waals surface area contributed by atoms with Gasteiger partial charge in [-0.25, -0.2) is 0 Å². The number of carbonyl (C=O) groups excluding carboxylic acids is 1. The molecule has 4 nitrogen and oxygen atoms in total. The van der Waals surface area contributed by atoms with Crippen LogP contribution in [0.4, 0.5) is 0 Å². The molecule has 4 N–H and O–H groups in total. The van der Waals surface area contributed by atoms with Crippen LogP contribution < -0.4 is 11.5 Å². The second-order valence-electron chi connectivity index (χ2n) is 5.57. The Balaban J connectivity index is 2.63. The highest BCUT2D eigenvalue weighted by Gasteiger charge is 2.42. The van der Waals surface area contributed by atoms with Crippen LogP contribution >= 0.6 is 0 Å². The quantitative estimate of drug-likeness (QED) is 0.742. The summed E-state index contributed by atoms with van der Waals surface area (Å²) in [4.78, 5) is 13.6. The van der Waals surface area contributed by atoms with Crippen LogP contribution in [0.25, 0.3) is 0 Å². The van der Waals surface area contributed by atoms with E-state index in [1.54, 1.807) is 0 Å². The largest absolute Gasteiger partial charge is 0.368 e. The van der Waals surface area contributed by atoms with Gasteiger partial charge in [0.05, 0.1) is 5.54 Å². The molecule has 0 heterocycles. The van der Waals surface area contributed by atoms with Gasteiger partial charge < -0.3 is 16.4 Å². The molecule has 0 radical (unpaired) electrons. The third kappa shape index (κ3) is 2.55. The first kappa shape index (κ1) is 13.5. The lowest BCUT2D eigenvalue weighted by atomic mass is 9.97. The van der Waals surface area contributed by atoms with Crippen LogP contribution in [0.3, 0.4) is 0 Å². The molecule has 16 heavy (non-hydrogen) atoms. The molecule has 0 aromatic heterocycles. The Hall–Kier alpha value is -0.610. The lowest BCUT2D eigenvalue weighted by Crippen LogP contribution is -2.51. The fraction of sp³-hybridized carbons (Fsp3) is 0.917. The van der Waals surface area contributed by atoms with Crippen LogP contribution in [0.15, 0.2) is 0 Å². The van der Waals surface area contributed by atoms with Gasteiger partial charge in [-0.1, -0.05) is 13.8 Å². The Labute approximate surface area is 98.3 Å². The second-order valence-corrected chi connectivity index (χ2v) is 5.57. The molecule has 1 saturated carbocycles. The summed E-state index contributed by atoms with van der Waals surface area (Å²) in [5.74, 6) is 0.243. The van der Waals surface area contributed by atoms with E-state index in [0.717, 1.165) is 6.42 Å². The van der Waals surface area contributed by atoms with Crippen molar-refractivity contribution in [1.82, 2.24) is 4.90 Å². The molecule has 1 amide bonds.